The molecule has 170 valence electrons. The maximum absolute atomic E-state index is 6.65. The monoisotopic (exact) mass is 483 g/mol. The summed E-state index contributed by atoms with van der Waals surface area (Å²) >= 11 is 6.65. The molecule has 0 saturated heterocycles. The fraction of sp³-hybridized carbons (Fsp3) is 0. The van der Waals surface area contributed by atoms with Gasteiger partial charge >= 0.3 is 0 Å². The Morgan fingerprint density at radius 1 is 0.528 bits per heavy atom. The van der Waals surface area contributed by atoms with E-state index in [-0.39, 0.29) is 0 Å². The number of hydrogen-bond donors (Lipinski definition) is 0. The first-order valence-corrected chi connectivity index (χ1v) is 12.0. The van der Waals surface area contributed by atoms with Gasteiger partial charge in [0.25, 0.3) is 0 Å². The van der Waals surface area contributed by atoms with Crippen molar-refractivity contribution >= 4 is 44.3 Å². The maximum atomic E-state index is 6.65. The van der Waals surface area contributed by atoms with E-state index in [2.05, 4.69) is 24.3 Å². The summed E-state index contributed by atoms with van der Waals surface area (Å²) in [5.74, 6) is 1.70. The number of benzene rings is 5. The minimum Gasteiger partial charge on any atom is -0.455 e. The van der Waals surface area contributed by atoms with Crippen LogP contribution in [0, 0.1) is 0 Å². The van der Waals surface area contributed by atoms with E-state index in [0.29, 0.717) is 28.1 Å². The first-order valence-electron chi connectivity index (χ1n) is 11.6. The van der Waals surface area contributed by atoms with Gasteiger partial charge in [-0.05, 0) is 35.0 Å². The Hall–Kier alpha value is -4.54. The Kier molecular flexibility index (Phi) is 4.79. The SMILES string of the molecule is Clc1cc(-c2nc(-c3ccccc3)nc(-c3ccccc3)n2)c2oc3cc4ccccc4cc3c2c1. The Bertz CT molecular complexity index is 1840. The molecule has 0 unspecified atom stereocenters. The van der Waals surface area contributed by atoms with Crippen LogP contribution in [0.2, 0.25) is 5.02 Å². The summed E-state index contributed by atoms with van der Waals surface area (Å²) in [7, 11) is 0. The minimum atomic E-state index is 0.513. The van der Waals surface area contributed by atoms with Crippen LogP contribution >= 0.6 is 11.6 Å². The van der Waals surface area contributed by atoms with Crippen LogP contribution in [-0.2, 0) is 0 Å². The zero-order chi connectivity index (χ0) is 24.1. The van der Waals surface area contributed by atoms with Crippen molar-refractivity contribution < 1.29 is 4.42 Å². The lowest BCUT2D eigenvalue weighted by molar-refractivity contribution is 0.670. The first kappa shape index (κ1) is 20.8. The highest BCUT2D eigenvalue weighted by molar-refractivity contribution is 6.32. The molecular weight excluding hydrogens is 466 g/mol. The lowest BCUT2D eigenvalue weighted by Crippen LogP contribution is -2.00. The van der Waals surface area contributed by atoms with Gasteiger partial charge in [0.15, 0.2) is 17.5 Å². The molecule has 0 radical (unpaired) electrons. The number of nitrogens with zero attached hydrogens (tertiary/aromatic N) is 3. The lowest BCUT2D eigenvalue weighted by Gasteiger charge is -2.09. The van der Waals surface area contributed by atoms with Crippen molar-refractivity contribution in [3.05, 3.63) is 114 Å². The molecular formula is C31H18ClN3O. The van der Waals surface area contributed by atoms with Crippen molar-refractivity contribution in [3.8, 4) is 34.2 Å². The summed E-state index contributed by atoms with van der Waals surface area (Å²) in [4.78, 5) is 14.5. The van der Waals surface area contributed by atoms with Crippen LogP contribution in [0.3, 0.4) is 0 Å². The van der Waals surface area contributed by atoms with Crippen molar-refractivity contribution in [1.82, 2.24) is 15.0 Å². The third-order valence-corrected chi connectivity index (χ3v) is 6.56. The van der Waals surface area contributed by atoms with Crippen LogP contribution in [0.15, 0.2) is 114 Å². The topological polar surface area (TPSA) is 51.8 Å². The van der Waals surface area contributed by atoms with E-state index in [1.165, 1.54) is 0 Å². The number of rotatable bonds is 3. The second-order valence-electron chi connectivity index (χ2n) is 8.67. The van der Waals surface area contributed by atoms with Gasteiger partial charge in [0.05, 0.1) is 5.56 Å². The van der Waals surface area contributed by atoms with Crippen LogP contribution in [-0.4, -0.2) is 15.0 Å². The second kappa shape index (κ2) is 8.29. The van der Waals surface area contributed by atoms with Crippen LogP contribution in [0.25, 0.3) is 66.9 Å². The number of furan rings is 1. The molecule has 2 aromatic heterocycles. The van der Waals surface area contributed by atoms with E-state index < -0.39 is 0 Å². The molecule has 7 rings (SSSR count). The number of aromatic nitrogens is 3. The predicted octanol–water partition coefficient (Wildman–Crippen LogP) is 8.58. The number of hydrogen-bond acceptors (Lipinski definition) is 4. The molecule has 0 aliphatic rings. The van der Waals surface area contributed by atoms with Gasteiger partial charge in [0, 0.05) is 26.9 Å². The zero-order valence-electron chi connectivity index (χ0n) is 19.0. The first-order chi connectivity index (χ1) is 17.7. The molecule has 0 aliphatic carbocycles. The van der Waals surface area contributed by atoms with E-state index in [0.717, 1.165) is 43.8 Å². The van der Waals surface area contributed by atoms with Gasteiger partial charge in [0.1, 0.15) is 11.2 Å². The molecule has 4 nitrogen and oxygen atoms in total. The van der Waals surface area contributed by atoms with Crippen LogP contribution in [0.1, 0.15) is 0 Å². The smallest absolute Gasteiger partial charge is 0.167 e. The Balaban J connectivity index is 1.53. The van der Waals surface area contributed by atoms with Crippen molar-refractivity contribution in [1.29, 1.82) is 0 Å². The third-order valence-electron chi connectivity index (χ3n) is 6.34. The lowest BCUT2D eigenvalue weighted by atomic mass is 10.0. The molecule has 0 bridgehead atoms. The second-order valence-corrected chi connectivity index (χ2v) is 9.10. The van der Waals surface area contributed by atoms with E-state index in [1.807, 2.05) is 84.9 Å². The van der Waals surface area contributed by atoms with E-state index in [4.69, 9.17) is 31.0 Å². The largest absolute Gasteiger partial charge is 0.455 e. The van der Waals surface area contributed by atoms with Crippen molar-refractivity contribution in [2.45, 2.75) is 0 Å². The Morgan fingerprint density at radius 2 is 1.08 bits per heavy atom. The molecule has 0 aliphatic heterocycles. The highest BCUT2D eigenvalue weighted by atomic mass is 35.5. The van der Waals surface area contributed by atoms with Gasteiger partial charge in [-0.15, -0.1) is 0 Å². The Morgan fingerprint density at radius 3 is 1.72 bits per heavy atom. The molecule has 36 heavy (non-hydrogen) atoms. The summed E-state index contributed by atoms with van der Waals surface area (Å²) < 4.78 is 6.43. The molecule has 0 spiro atoms. The summed E-state index contributed by atoms with van der Waals surface area (Å²) in [5.41, 5.74) is 4.05. The van der Waals surface area contributed by atoms with Crippen molar-refractivity contribution in [2.75, 3.05) is 0 Å². The number of fused-ring (bicyclic) bond motifs is 4. The predicted molar refractivity (Wildman–Crippen MR) is 146 cm³/mol. The normalized spacial score (nSPS) is 11.5. The van der Waals surface area contributed by atoms with Crippen molar-refractivity contribution in [2.24, 2.45) is 0 Å². The molecule has 2 heterocycles. The maximum Gasteiger partial charge on any atom is 0.167 e. The summed E-state index contributed by atoms with van der Waals surface area (Å²) in [5, 5.41) is 4.80. The average molecular weight is 484 g/mol. The van der Waals surface area contributed by atoms with Gasteiger partial charge in [-0.3, -0.25) is 0 Å². The fourth-order valence-corrected chi connectivity index (χ4v) is 4.84. The average Bonchev–Trinajstić information content (AvgIpc) is 3.29. The third kappa shape index (κ3) is 3.51. The quantitative estimate of drug-likeness (QED) is 0.252. The summed E-state index contributed by atoms with van der Waals surface area (Å²) in [6.07, 6.45) is 0. The van der Waals surface area contributed by atoms with Crippen molar-refractivity contribution in [3.63, 3.8) is 0 Å². The van der Waals surface area contributed by atoms with Crippen LogP contribution in [0.4, 0.5) is 0 Å². The standard InChI is InChI=1S/C31H18ClN3O/c32-23-17-25-24-15-21-13-7-8-14-22(21)16-27(24)36-28(25)26(18-23)31-34-29(19-9-3-1-4-10-19)33-30(35-31)20-11-5-2-6-12-20/h1-18H. The molecule has 0 N–H and O–H groups in total. The summed E-state index contributed by atoms with van der Waals surface area (Å²) in [6, 6.07) is 36.1. The highest BCUT2D eigenvalue weighted by Gasteiger charge is 2.19. The van der Waals surface area contributed by atoms with E-state index >= 15 is 0 Å². The minimum absolute atomic E-state index is 0.513. The zero-order valence-corrected chi connectivity index (χ0v) is 19.8. The summed E-state index contributed by atoms with van der Waals surface area (Å²) in [6.45, 7) is 0. The van der Waals surface area contributed by atoms with Crippen LogP contribution in [0.5, 0.6) is 0 Å². The fourth-order valence-electron chi connectivity index (χ4n) is 4.62. The van der Waals surface area contributed by atoms with Crippen LogP contribution < -0.4 is 0 Å². The molecule has 0 saturated carbocycles. The molecule has 0 fully saturated rings. The number of halogens is 1. The molecule has 5 aromatic carbocycles. The molecule has 0 amide bonds. The Labute approximate surface area is 211 Å². The van der Waals surface area contributed by atoms with E-state index in [9.17, 15) is 0 Å². The molecule has 5 heteroatoms. The van der Waals surface area contributed by atoms with Gasteiger partial charge in [0.2, 0.25) is 0 Å². The van der Waals surface area contributed by atoms with Gasteiger partial charge < -0.3 is 4.42 Å². The highest BCUT2D eigenvalue weighted by Crippen LogP contribution is 2.39. The van der Waals surface area contributed by atoms with Gasteiger partial charge in [-0.25, -0.2) is 15.0 Å². The molecule has 0 atom stereocenters. The van der Waals surface area contributed by atoms with Gasteiger partial charge in [-0.2, -0.15) is 0 Å². The van der Waals surface area contributed by atoms with E-state index in [1.54, 1.807) is 0 Å². The molecule has 7 aromatic rings. The van der Waals surface area contributed by atoms with Gasteiger partial charge in [-0.1, -0.05) is 96.5 Å².